The molecule has 0 bridgehead atoms. The van der Waals surface area contributed by atoms with E-state index in [9.17, 15) is 12.8 Å². The highest BCUT2D eigenvalue weighted by atomic mass is 32.2. The molecule has 20 heavy (non-hydrogen) atoms. The summed E-state index contributed by atoms with van der Waals surface area (Å²) in [5.41, 5.74) is 1.88. The molecule has 0 amide bonds. The van der Waals surface area contributed by atoms with Crippen LogP contribution < -0.4 is 10.0 Å². The van der Waals surface area contributed by atoms with Gasteiger partial charge in [0.05, 0.1) is 5.25 Å². The summed E-state index contributed by atoms with van der Waals surface area (Å²) in [7, 11) is -3.30. The molecule has 1 heterocycles. The molecule has 1 aliphatic rings. The van der Waals surface area contributed by atoms with E-state index in [2.05, 4.69) is 10.0 Å². The number of hydrogen-bond donors (Lipinski definition) is 2. The summed E-state index contributed by atoms with van der Waals surface area (Å²) in [6.07, 6.45) is 1.27. The second-order valence-electron chi connectivity index (χ2n) is 5.36. The molecule has 112 valence electrons. The largest absolute Gasteiger partial charge is 0.317 e. The molecule has 4 nitrogen and oxygen atoms in total. The zero-order chi connectivity index (χ0) is 14.8. The summed E-state index contributed by atoms with van der Waals surface area (Å²) >= 11 is 0. The number of benzene rings is 1. The lowest BCUT2D eigenvalue weighted by Gasteiger charge is -2.23. The van der Waals surface area contributed by atoms with E-state index in [0.717, 1.165) is 18.7 Å². The second-order valence-corrected chi connectivity index (χ2v) is 7.40. The molecule has 2 N–H and O–H groups in total. The summed E-state index contributed by atoms with van der Waals surface area (Å²) in [4.78, 5) is 0. The van der Waals surface area contributed by atoms with Crippen LogP contribution in [0.25, 0.3) is 0 Å². The quantitative estimate of drug-likeness (QED) is 0.888. The Morgan fingerprint density at radius 2 is 1.80 bits per heavy atom. The summed E-state index contributed by atoms with van der Waals surface area (Å²) in [5, 5.41) is 2.82. The van der Waals surface area contributed by atoms with Crippen molar-refractivity contribution in [1.82, 2.24) is 10.0 Å². The van der Waals surface area contributed by atoms with Crippen LogP contribution in [-0.2, 0) is 16.6 Å². The topological polar surface area (TPSA) is 58.2 Å². The number of piperidine rings is 1. The average Bonchev–Trinajstić information content (AvgIpc) is 2.43. The van der Waals surface area contributed by atoms with Gasteiger partial charge in [0.25, 0.3) is 0 Å². The maximum Gasteiger partial charge on any atom is 0.214 e. The van der Waals surface area contributed by atoms with E-state index in [1.165, 1.54) is 0 Å². The number of rotatable bonds is 4. The minimum atomic E-state index is -3.30. The monoisotopic (exact) mass is 300 g/mol. The standard InChI is InChI=1S/C14H21FN2O2S/c1-10-7-12(8-11(2)14(10)15)9-17-20(18,19)13-3-5-16-6-4-13/h7-8,13,16-17H,3-6,9H2,1-2H3. The van der Waals surface area contributed by atoms with Gasteiger partial charge in [-0.15, -0.1) is 0 Å². The molecular formula is C14H21FN2O2S. The second kappa shape index (κ2) is 6.20. The van der Waals surface area contributed by atoms with Crippen molar-refractivity contribution in [1.29, 1.82) is 0 Å². The zero-order valence-corrected chi connectivity index (χ0v) is 12.7. The first-order valence-corrected chi connectivity index (χ1v) is 8.39. The fourth-order valence-electron chi connectivity index (χ4n) is 2.55. The smallest absolute Gasteiger partial charge is 0.214 e. The van der Waals surface area contributed by atoms with Crippen molar-refractivity contribution in [2.24, 2.45) is 0 Å². The molecule has 0 saturated carbocycles. The van der Waals surface area contributed by atoms with Crippen LogP contribution in [0, 0.1) is 19.7 Å². The van der Waals surface area contributed by atoms with Crippen molar-refractivity contribution in [2.45, 2.75) is 38.5 Å². The van der Waals surface area contributed by atoms with Crippen LogP contribution in [0.1, 0.15) is 29.5 Å². The summed E-state index contributed by atoms with van der Waals surface area (Å²) in [6, 6.07) is 3.38. The minimum absolute atomic E-state index is 0.216. The van der Waals surface area contributed by atoms with E-state index in [4.69, 9.17) is 0 Å². The van der Waals surface area contributed by atoms with Crippen LogP contribution in [0.5, 0.6) is 0 Å². The molecule has 6 heteroatoms. The molecular weight excluding hydrogens is 279 g/mol. The summed E-state index contributed by atoms with van der Waals surface area (Å²) in [6.45, 7) is 5.06. The van der Waals surface area contributed by atoms with Crippen LogP contribution in [0.3, 0.4) is 0 Å². The zero-order valence-electron chi connectivity index (χ0n) is 11.9. The maximum atomic E-state index is 13.5. The van der Waals surface area contributed by atoms with Crippen molar-refractivity contribution >= 4 is 10.0 Å². The van der Waals surface area contributed by atoms with Gasteiger partial charge in [-0.1, -0.05) is 12.1 Å². The molecule has 1 saturated heterocycles. The predicted octanol–water partition coefficient (Wildman–Crippen LogP) is 1.61. The highest BCUT2D eigenvalue weighted by molar-refractivity contribution is 7.90. The lowest BCUT2D eigenvalue weighted by Crippen LogP contribution is -2.41. The molecule has 0 aliphatic carbocycles. The fourth-order valence-corrected chi connectivity index (χ4v) is 4.01. The lowest BCUT2D eigenvalue weighted by atomic mass is 10.1. The Kier molecular flexibility index (Phi) is 4.78. The Morgan fingerprint density at radius 1 is 1.25 bits per heavy atom. The van der Waals surface area contributed by atoms with Crippen LogP contribution in [0.15, 0.2) is 12.1 Å². The molecule has 2 rings (SSSR count). The maximum absolute atomic E-state index is 13.5. The number of aryl methyl sites for hydroxylation is 2. The van der Waals surface area contributed by atoms with Crippen LogP contribution >= 0.6 is 0 Å². The van der Waals surface area contributed by atoms with Crippen molar-refractivity contribution in [3.63, 3.8) is 0 Å². The van der Waals surface area contributed by atoms with Crippen molar-refractivity contribution in [3.8, 4) is 0 Å². The third kappa shape index (κ3) is 3.56. The van der Waals surface area contributed by atoms with Gasteiger partial charge in [-0.2, -0.15) is 0 Å². The van der Waals surface area contributed by atoms with E-state index < -0.39 is 10.0 Å². The molecule has 1 aliphatic heterocycles. The van der Waals surface area contributed by atoms with E-state index >= 15 is 0 Å². The van der Waals surface area contributed by atoms with Crippen molar-refractivity contribution in [3.05, 3.63) is 34.6 Å². The third-order valence-electron chi connectivity index (χ3n) is 3.70. The first-order valence-electron chi connectivity index (χ1n) is 6.85. The van der Waals surface area contributed by atoms with Gasteiger partial charge in [-0.05, 0) is 56.5 Å². The molecule has 0 aromatic heterocycles. The lowest BCUT2D eigenvalue weighted by molar-refractivity contribution is 0.489. The van der Waals surface area contributed by atoms with Gasteiger partial charge in [0.1, 0.15) is 5.82 Å². The van der Waals surface area contributed by atoms with Gasteiger partial charge < -0.3 is 5.32 Å². The highest BCUT2D eigenvalue weighted by Crippen LogP contribution is 2.16. The Balaban J connectivity index is 2.04. The van der Waals surface area contributed by atoms with Gasteiger partial charge in [0, 0.05) is 6.54 Å². The summed E-state index contributed by atoms with van der Waals surface area (Å²) in [5.74, 6) is -0.227. The van der Waals surface area contributed by atoms with Crippen molar-refractivity contribution < 1.29 is 12.8 Å². The molecule has 0 spiro atoms. The number of nitrogens with one attached hydrogen (secondary N) is 2. The number of halogens is 1. The van der Waals surface area contributed by atoms with E-state index in [1.54, 1.807) is 26.0 Å². The van der Waals surface area contributed by atoms with Gasteiger partial charge in [0.15, 0.2) is 0 Å². The van der Waals surface area contributed by atoms with Crippen LogP contribution in [0.4, 0.5) is 4.39 Å². The van der Waals surface area contributed by atoms with E-state index in [-0.39, 0.29) is 17.6 Å². The Labute approximate surface area is 119 Å². The predicted molar refractivity (Wildman–Crippen MR) is 77.5 cm³/mol. The van der Waals surface area contributed by atoms with Gasteiger partial charge in [-0.25, -0.2) is 17.5 Å². The number of hydrogen-bond acceptors (Lipinski definition) is 3. The normalized spacial score (nSPS) is 17.4. The van der Waals surface area contributed by atoms with E-state index in [0.29, 0.717) is 24.0 Å². The van der Waals surface area contributed by atoms with Crippen LogP contribution in [-0.4, -0.2) is 26.8 Å². The van der Waals surface area contributed by atoms with Crippen LogP contribution in [0.2, 0.25) is 0 Å². The first kappa shape index (κ1) is 15.4. The number of sulfonamides is 1. The molecule has 0 unspecified atom stereocenters. The molecule has 1 fully saturated rings. The first-order chi connectivity index (χ1) is 9.40. The molecule has 1 aromatic carbocycles. The molecule has 1 aromatic rings. The minimum Gasteiger partial charge on any atom is -0.317 e. The highest BCUT2D eigenvalue weighted by Gasteiger charge is 2.26. The third-order valence-corrected chi connectivity index (χ3v) is 5.59. The fraction of sp³-hybridized carbons (Fsp3) is 0.571. The Hall–Kier alpha value is -0.980. The average molecular weight is 300 g/mol. The van der Waals surface area contributed by atoms with Gasteiger partial charge in [0.2, 0.25) is 10.0 Å². The van der Waals surface area contributed by atoms with Gasteiger partial charge >= 0.3 is 0 Å². The van der Waals surface area contributed by atoms with E-state index in [1.807, 2.05) is 0 Å². The Bertz CT molecular complexity index is 558. The Morgan fingerprint density at radius 3 is 2.35 bits per heavy atom. The van der Waals surface area contributed by atoms with Crippen molar-refractivity contribution in [2.75, 3.05) is 13.1 Å². The SMILES string of the molecule is Cc1cc(CNS(=O)(=O)C2CCNCC2)cc(C)c1F. The molecule has 0 atom stereocenters. The summed E-state index contributed by atoms with van der Waals surface area (Å²) < 4.78 is 40.5. The van der Waals surface area contributed by atoms with Gasteiger partial charge in [-0.3, -0.25) is 0 Å². The molecule has 0 radical (unpaired) electrons.